The lowest BCUT2D eigenvalue weighted by Gasteiger charge is -2.08. The number of rotatable bonds is 1. The maximum atomic E-state index is 10.7. The molecule has 0 atom stereocenters. The van der Waals surface area contributed by atoms with E-state index in [4.69, 9.17) is 0 Å². The van der Waals surface area contributed by atoms with Gasteiger partial charge in [0.1, 0.15) is 12.1 Å². The number of hydrogen-bond donors (Lipinski definition) is 2. The molecule has 1 aromatic carbocycles. The van der Waals surface area contributed by atoms with Crippen molar-refractivity contribution in [1.29, 1.82) is 0 Å². The van der Waals surface area contributed by atoms with E-state index in [2.05, 4.69) is 15.6 Å². The highest BCUT2D eigenvalue weighted by Crippen LogP contribution is 2.30. The Morgan fingerprint density at radius 3 is 3.06 bits per heavy atom. The van der Waals surface area contributed by atoms with Crippen LogP contribution >= 0.6 is 0 Å². The van der Waals surface area contributed by atoms with E-state index in [9.17, 15) is 4.79 Å². The van der Waals surface area contributed by atoms with Gasteiger partial charge in [0.25, 0.3) is 0 Å². The minimum absolute atomic E-state index is 0.664. The lowest BCUT2D eigenvalue weighted by Crippen LogP contribution is -1.98. The van der Waals surface area contributed by atoms with Gasteiger partial charge in [-0.2, -0.15) is 0 Å². The molecular weight excluding hydrogens is 214 g/mol. The van der Waals surface area contributed by atoms with E-state index in [1.807, 2.05) is 24.3 Å². The average molecular weight is 225 g/mol. The van der Waals surface area contributed by atoms with Gasteiger partial charge < -0.3 is 10.6 Å². The highest BCUT2D eigenvalue weighted by molar-refractivity contribution is 5.84. The van der Waals surface area contributed by atoms with Gasteiger partial charge >= 0.3 is 0 Å². The van der Waals surface area contributed by atoms with Crippen molar-refractivity contribution in [3.05, 3.63) is 47.7 Å². The first-order valence-corrected chi connectivity index (χ1v) is 5.41. The predicted molar refractivity (Wildman–Crippen MR) is 66.7 cm³/mol. The summed E-state index contributed by atoms with van der Waals surface area (Å²) in [5.74, 6) is 0.859. The van der Waals surface area contributed by atoms with Gasteiger partial charge in [0.15, 0.2) is 0 Å². The van der Waals surface area contributed by atoms with Crippen LogP contribution in [0.5, 0.6) is 0 Å². The Morgan fingerprint density at radius 1 is 1.24 bits per heavy atom. The molecule has 4 heteroatoms. The quantitative estimate of drug-likeness (QED) is 0.732. The number of benzene rings is 1. The first-order chi connectivity index (χ1) is 8.36. The van der Waals surface area contributed by atoms with Crippen molar-refractivity contribution >= 4 is 23.5 Å². The summed E-state index contributed by atoms with van der Waals surface area (Å²) in [7, 11) is 0. The van der Waals surface area contributed by atoms with Crippen molar-refractivity contribution in [1.82, 2.24) is 4.98 Å². The zero-order valence-electron chi connectivity index (χ0n) is 9.10. The van der Waals surface area contributed by atoms with Gasteiger partial charge in [-0.15, -0.1) is 0 Å². The van der Waals surface area contributed by atoms with Crippen LogP contribution in [0.4, 0.5) is 17.2 Å². The molecule has 0 aliphatic carbocycles. The third-order valence-corrected chi connectivity index (χ3v) is 2.79. The van der Waals surface area contributed by atoms with Crippen LogP contribution < -0.4 is 10.6 Å². The highest BCUT2D eigenvalue weighted by Gasteiger charge is 2.12. The molecule has 0 unspecified atom stereocenters. The molecule has 4 nitrogen and oxygen atoms in total. The molecule has 2 heterocycles. The highest BCUT2D eigenvalue weighted by atomic mass is 16.1. The molecule has 1 aliphatic rings. The standard InChI is InChI=1S/C13H11N3O/c17-8-9-3-4-11-12(6-9)15-7-10-2-1-5-14-13(10)16-11/h1-6,8,15H,7H2,(H,14,16). The SMILES string of the molecule is O=Cc1ccc2c(c1)NCc1cccnc1N2. The topological polar surface area (TPSA) is 54.0 Å². The largest absolute Gasteiger partial charge is 0.379 e. The molecule has 17 heavy (non-hydrogen) atoms. The molecule has 0 spiro atoms. The summed E-state index contributed by atoms with van der Waals surface area (Å²) in [5, 5.41) is 6.56. The Balaban J connectivity index is 2.06. The molecule has 84 valence electrons. The Morgan fingerprint density at radius 2 is 2.18 bits per heavy atom. The second-order valence-electron chi connectivity index (χ2n) is 3.91. The molecule has 3 rings (SSSR count). The zero-order valence-corrected chi connectivity index (χ0v) is 9.10. The van der Waals surface area contributed by atoms with Crippen molar-refractivity contribution in [2.45, 2.75) is 6.54 Å². The number of fused-ring (bicyclic) bond motifs is 2. The van der Waals surface area contributed by atoms with Crippen LogP contribution in [0.1, 0.15) is 15.9 Å². The number of hydrogen-bond acceptors (Lipinski definition) is 4. The van der Waals surface area contributed by atoms with Gasteiger partial charge in [-0.3, -0.25) is 4.79 Å². The number of carbonyl (C=O) groups is 1. The summed E-state index contributed by atoms with van der Waals surface area (Å²) in [5.41, 5.74) is 3.63. The maximum absolute atomic E-state index is 10.7. The number of pyridine rings is 1. The number of aromatic nitrogens is 1. The molecular formula is C13H11N3O. The first kappa shape index (κ1) is 9.84. The fraction of sp³-hybridized carbons (Fsp3) is 0.0769. The third kappa shape index (κ3) is 1.73. The van der Waals surface area contributed by atoms with Crippen LogP contribution in [0.2, 0.25) is 0 Å². The molecule has 0 bridgehead atoms. The molecule has 0 saturated heterocycles. The van der Waals surface area contributed by atoms with Crippen molar-refractivity contribution in [2.24, 2.45) is 0 Å². The van der Waals surface area contributed by atoms with Crippen molar-refractivity contribution in [3.63, 3.8) is 0 Å². The van der Waals surface area contributed by atoms with Gasteiger partial charge in [-0.05, 0) is 24.3 Å². The van der Waals surface area contributed by atoms with Crippen LogP contribution in [0.25, 0.3) is 0 Å². The summed E-state index contributed by atoms with van der Waals surface area (Å²) in [6, 6.07) is 9.44. The van der Waals surface area contributed by atoms with Gasteiger partial charge in [0, 0.05) is 23.9 Å². The van der Waals surface area contributed by atoms with Crippen LogP contribution in [0, 0.1) is 0 Å². The van der Waals surface area contributed by atoms with E-state index < -0.39 is 0 Å². The number of carbonyl (C=O) groups excluding carboxylic acids is 1. The van der Waals surface area contributed by atoms with E-state index in [1.54, 1.807) is 12.3 Å². The molecule has 0 radical (unpaired) electrons. The van der Waals surface area contributed by atoms with Crippen molar-refractivity contribution in [2.75, 3.05) is 10.6 Å². The molecule has 1 aromatic heterocycles. The van der Waals surface area contributed by atoms with Gasteiger partial charge in [0.05, 0.1) is 11.4 Å². The number of aldehydes is 1. The minimum atomic E-state index is 0.664. The van der Waals surface area contributed by atoms with Crippen LogP contribution in [0.3, 0.4) is 0 Å². The second kappa shape index (κ2) is 3.90. The van der Waals surface area contributed by atoms with Crippen molar-refractivity contribution in [3.8, 4) is 0 Å². The van der Waals surface area contributed by atoms with Crippen LogP contribution in [0.15, 0.2) is 36.5 Å². The lowest BCUT2D eigenvalue weighted by molar-refractivity contribution is 0.112. The summed E-state index contributed by atoms with van der Waals surface area (Å²) < 4.78 is 0. The molecule has 0 amide bonds. The Bertz CT molecular complexity index is 581. The van der Waals surface area contributed by atoms with E-state index in [0.717, 1.165) is 29.0 Å². The Hall–Kier alpha value is -2.36. The monoisotopic (exact) mass is 225 g/mol. The molecule has 0 fully saturated rings. The van der Waals surface area contributed by atoms with Crippen LogP contribution in [-0.2, 0) is 6.54 Å². The Kier molecular flexibility index (Phi) is 2.26. The van der Waals surface area contributed by atoms with Gasteiger partial charge in [-0.25, -0.2) is 4.98 Å². The first-order valence-electron chi connectivity index (χ1n) is 5.41. The van der Waals surface area contributed by atoms with E-state index >= 15 is 0 Å². The minimum Gasteiger partial charge on any atom is -0.379 e. The lowest BCUT2D eigenvalue weighted by atomic mass is 10.2. The summed E-state index contributed by atoms with van der Waals surface area (Å²) in [6.45, 7) is 0.700. The molecule has 2 N–H and O–H groups in total. The summed E-state index contributed by atoms with van der Waals surface area (Å²) >= 11 is 0. The fourth-order valence-electron chi connectivity index (χ4n) is 1.90. The average Bonchev–Trinajstić information content (AvgIpc) is 2.57. The second-order valence-corrected chi connectivity index (χ2v) is 3.91. The maximum Gasteiger partial charge on any atom is 0.150 e. The van der Waals surface area contributed by atoms with Gasteiger partial charge in [0.2, 0.25) is 0 Å². The van der Waals surface area contributed by atoms with E-state index in [1.165, 1.54) is 0 Å². The third-order valence-electron chi connectivity index (χ3n) is 2.79. The molecule has 1 aliphatic heterocycles. The summed E-state index contributed by atoms with van der Waals surface area (Å²) in [6.07, 6.45) is 2.61. The molecule has 0 saturated carbocycles. The number of anilines is 3. The number of nitrogens with one attached hydrogen (secondary N) is 2. The normalized spacial score (nSPS) is 12.5. The summed E-state index contributed by atoms with van der Waals surface area (Å²) in [4.78, 5) is 15.0. The molecule has 2 aromatic rings. The van der Waals surface area contributed by atoms with Gasteiger partial charge in [-0.1, -0.05) is 6.07 Å². The van der Waals surface area contributed by atoms with E-state index in [-0.39, 0.29) is 0 Å². The van der Waals surface area contributed by atoms with E-state index in [0.29, 0.717) is 12.1 Å². The number of nitrogens with zero attached hydrogens (tertiary/aromatic N) is 1. The predicted octanol–water partition coefficient (Wildman–Crippen LogP) is 2.56. The fourth-order valence-corrected chi connectivity index (χ4v) is 1.90. The van der Waals surface area contributed by atoms with Crippen LogP contribution in [-0.4, -0.2) is 11.3 Å². The smallest absolute Gasteiger partial charge is 0.150 e. The Labute approximate surface area is 98.7 Å². The van der Waals surface area contributed by atoms with Crippen molar-refractivity contribution < 1.29 is 4.79 Å². The zero-order chi connectivity index (χ0) is 11.7.